The van der Waals surface area contributed by atoms with Gasteiger partial charge < -0.3 is 10.1 Å². The molecule has 2 heteroatoms. The minimum Gasteiger partial charge on any atom is -0.306 e. The summed E-state index contributed by atoms with van der Waals surface area (Å²) in [7, 11) is 0. The maximum absolute atomic E-state index is 9.45. The van der Waals surface area contributed by atoms with E-state index in [0.29, 0.717) is 0 Å². The lowest BCUT2D eigenvalue weighted by molar-refractivity contribution is -0.105. The minimum atomic E-state index is 0.726. The summed E-state index contributed by atoms with van der Waals surface area (Å²) in [6, 6.07) is 0. The Morgan fingerprint density at radius 2 is 2.50 bits per heavy atom. The van der Waals surface area contributed by atoms with Crippen molar-refractivity contribution in [1.29, 1.82) is 0 Å². The average molecular weight is 86.1 g/mol. The van der Waals surface area contributed by atoms with Gasteiger partial charge in [0, 0.05) is 0 Å². The lowest BCUT2D eigenvalue weighted by Gasteiger charge is -1.84. The zero-order valence-corrected chi connectivity index (χ0v) is 3.77. The molecule has 0 bridgehead atoms. The van der Waals surface area contributed by atoms with E-state index in [1.165, 1.54) is 6.54 Å². The van der Waals surface area contributed by atoms with Crippen LogP contribution in [-0.4, -0.2) is 12.8 Å². The molecule has 0 aliphatic rings. The fourth-order valence-electron chi connectivity index (χ4n) is 0.166. The quantitative estimate of drug-likeness (QED) is 0.385. The first-order valence-corrected chi connectivity index (χ1v) is 1.92. The smallest absolute Gasteiger partial charge is 0.138 e. The molecule has 0 saturated heterocycles. The molecule has 0 fully saturated rings. The summed E-state index contributed by atoms with van der Waals surface area (Å²) in [6.45, 7) is 4.12. The molecule has 0 aromatic rings. The van der Waals surface area contributed by atoms with Crippen LogP contribution < -0.4 is 5.32 Å². The highest BCUT2D eigenvalue weighted by atomic mass is 16.1. The second kappa shape index (κ2) is 4.63. The number of carbonyl (C=O) groups is 1. The lowest BCUT2D eigenvalue weighted by atomic mass is 10.7. The van der Waals surface area contributed by atoms with Gasteiger partial charge in [-0.05, 0) is 6.54 Å². The largest absolute Gasteiger partial charge is 0.306 e. The molecule has 0 aliphatic carbocycles. The molecule has 0 heterocycles. The van der Waals surface area contributed by atoms with E-state index in [9.17, 15) is 4.79 Å². The summed E-state index contributed by atoms with van der Waals surface area (Å²) in [5, 5.41) is 2.70. The number of carbonyl (C=O) groups excluding carboxylic acids is 1. The van der Waals surface area contributed by atoms with Crippen LogP contribution in [0.15, 0.2) is 0 Å². The van der Waals surface area contributed by atoms with Gasteiger partial charge in [-0.3, -0.25) is 0 Å². The molecule has 1 N–H and O–H groups in total. The summed E-state index contributed by atoms with van der Waals surface area (Å²) in [4.78, 5) is 9.45. The Morgan fingerprint density at radius 1 is 1.83 bits per heavy atom. The lowest BCUT2D eigenvalue weighted by Crippen LogP contribution is -2.08. The van der Waals surface area contributed by atoms with Crippen LogP contribution >= 0.6 is 0 Å². The van der Waals surface area contributed by atoms with Gasteiger partial charge in [-0.1, -0.05) is 6.92 Å². The van der Waals surface area contributed by atoms with Crippen molar-refractivity contribution in [2.45, 2.75) is 6.92 Å². The molecule has 0 aromatic heterocycles. The molecular formula is C4H8NO. The molecule has 0 saturated carbocycles. The highest BCUT2D eigenvalue weighted by Crippen LogP contribution is 1.54. The highest BCUT2D eigenvalue weighted by molar-refractivity contribution is 5.59. The SMILES string of the molecule is CCN[CH]C=O. The molecule has 6 heavy (non-hydrogen) atoms. The maximum Gasteiger partial charge on any atom is 0.138 e. The van der Waals surface area contributed by atoms with Crippen molar-refractivity contribution in [2.75, 3.05) is 6.54 Å². The van der Waals surface area contributed by atoms with Crippen molar-refractivity contribution in [1.82, 2.24) is 5.32 Å². The number of hydrogen-bond acceptors (Lipinski definition) is 2. The molecule has 1 radical (unpaired) electrons. The fourth-order valence-corrected chi connectivity index (χ4v) is 0.166. The van der Waals surface area contributed by atoms with E-state index < -0.39 is 0 Å². The summed E-state index contributed by atoms with van der Waals surface area (Å²) in [5.74, 6) is 0. The van der Waals surface area contributed by atoms with E-state index >= 15 is 0 Å². The zero-order chi connectivity index (χ0) is 4.83. The van der Waals surface area contributed by atoms with Crippen molar-refractivity contribution in [2.24, 2.45) is 0 Å². The summed E-state index contributed by atoms with van der Waals surface area (Å²) in [6.07, 6.45) is 0.726. The molecule has 2 nitrogen and oxygen atoms in total. The van der Waals surface area contributed by atoms with Gasteiger partial charge in [0.25, 0.3) is 0 Å². The second-order valence-corrected chi connectivity index (χ2v) is 0.860. The first-order chi connectivity index (χ1) is 2.91. The van der Waals surface area contributed by atoms with E-state index in [0.717, 1.165) is 12.8 Å². The van der Waals surface area contributed by atoms with Crippen LogP contribution in [0.25, 0.3) is 0 Å². The average Bonchev–Trinajstić information content (AvgIpc) is 1.61. The molecule has 35 valence electrons. The van der Waals surface area contributed by atoms with Gasteiger partial charge in [-0.25, -0.2) is 0 Å². The molecule has 0 rings (SSSR count). The number of likely N-dealkylation sites (N-methyl/N-ethyl adjacent to an activating group) is 1. The summed E-state index contributed by atoms with van der Waals surface area (Å²) >= 11 is 0. The van der Waals surface area contributed by atoms with Gasteiger partial charge in [-0.2, -0.15) is 0 Å². The Bertz CT molecular complexity index is 36.5. The molecule has 0 atom stereocenters. The standard InChI is InChI=1S/C4H8NO/c1-2-5-3-4-6/h3-5H,2H2,1H3. The van der Waals surface area contributed by atoms with E-state index in [4.69, 9.17) is 0 Å². The van der Waals surface area contributed by atoms with Gasteiger partial charge >= 0.3 is 0 Å². The van der Waals surface area contributed by atoms with Crippen LogP contribution in [0.2, 0.25) is 0 Å². The van der Waals surface area contributed by atoms with Gasteiger partial charge in [-0.15, -0.1) is 0 Å². The van der Waals surface area contributed by atoms with Crippen molar-refractivity contribution < 1.29 is 4.79 Å². The Labute approximate surface area is 37.5 Å². The summed E-state index contributed by atoms with van der Waals surface area (Å²) < 4.78 is 0. The third-order valence-corrected chi connectivity index (χ3v) is 0.390. The predicted octanol–water partition coefficient (Wildman–Crippen LogP) is -0.0434. The molecule has 0 unspecified atom stereocenters. The first-order valence-electron chi connectivity index (χ1n) is 1.92. The monoisotopic (exact) mass is 86.1 g/mol. The Morgan fingerprint density at radius 3 is 2.67 bits per heavy atom. The van der Waals surface area contributed by atoms with Crippen molar-refractivity contribution in [3.05, 3.63) is 6.54 Å². The molecule has 0 aliphatic heterocycles. The highest BCUT2D eigenvalue weighted by Gasteiger charge is 1.71. The number of hydrogen-bond donors (Lipinski definition) is 1. The van der Waals surface area contributed by atoms with Crippen LogP contribution in [0.5, 0.6) is 0 Å². The Hall–Kier alpha value is -0.370. The van der Waals surface area contributed by atoms with E-state index in [1.54, 1.807) is 0 Å². The van der Waals surface area contributed by atoms with Crippen molar-refractivity contribution in [3.8, 4) is 0 Å². The molecule has 0 aromatic carbocycles. The number of rotatable bonds is 3. The van der Waals surface area contributed by atoms with Crippen LogP contribution in [0, 0.1) is 6.54 Å². The number of nitrogens with one attached hydrogen (secondary N) is 1. The molecular weight excluding hydrogens is 78.0 g/mol. The van der Waals surface area contributed by atoms with Gasteiger partial charge in [0.2, 0.25) is 0 Å². The predicted molar refractivity (Wildman–Crippen MR) is 24.0 cm³/mol. The van der Waals surface area contributed by atoms with E-state index in [2.05, 4.69) is 5.32 Å². The third-order valence-electron chi connectivity index (χ3n) is 0.390. The van der Waals surface area contributed by atoms with Crippen molar-refractivity contribution >= 4 is 6.29 Å². The number of aldehydes is 1. The fraction of sp³-hybridized carbons (Fsp3) is 0.500. The third kappa shape index (κ3) is 3.63. The summed E-state index contributed by atoms with van der Waals surface area (Å²) in [5.41, 5.74) is 0. The van der Waals surface area contributed by atoms with Gasteiger partial charge in [0.05, 0.1) is 6.54 Å². The van der Waals surface area contributed by atoms with Gasteiger partial charge in [0.15, 0.2) is 0 Å². The van der Waals surface area contributed by atoms with Crippen LogP contribution in [0.3, 0.4) is 0 Å². The topological polar surface area (TPSA) is 29.1 Å². The zero-order valence-electron chi connectivity index (χ0n) is 3.77. The van der Waals surface area contributed by atoms with E-state index in [-0.39, 0.29) is 0 Å². The molecule has 0 spiro atoms. The van der Waals surface area contributed by atoms with Crippen LogP contribution in [-0.2, 0) is 4.79 Å². The second-order valence-electron chi connectivity index (χ2n) is 0.860. The minimum absolute atomic E-state index is 0.726. The normalized spacial score (nSPS) is 8.17. The Kier molecular flexibility index (Phi) is 4.34. The Balaban J connectivity index is 2.49. The van der Waals surface area contributed by atoms with Crippen LogP contribution in [0.4, 0.5) is 0 Å². The molecule has 0 amide bonds. The van der Waals surface area contributed by atoms with Gasteiger partial charge in [0.1, 0.15) is 6.29 Å². The first kappa shape index (κ1) is 5.63. The van der Waals surface area contributed by atoms with Crippen LogP contribution in [0.1, 0.15) is 6.92 Å². The van der Waals surface area contributed by atoms with Crippen molar-refractivity contribution in [3.63, 3.8) is 0 Å². The van der Waals surface area contributed by atoms with E-state index in [1.807, 2.05) is 6.92 Å². The maximum atomic E-state index is 9.45.